The maximum absolute atomic E-state index is 13.8. The second-order valence-corrected chi connectivity index (χ2v) is 7.32. The van der Waals surface area contributed by atoms with Gasteiger partial charge >= 0.3 is 0 Å². The van der Waals surface area contributed by atoms with E-state index >= 15 is 0 Å². The Labute approximate surface area is 182 Å². The number of aliphatic hydroxyl groups excluding tert-OH is 1. The predicted octanol–water partition coefficient (Wildman–Crippen LogP) is 5.15. The van der Waals surface area contributed by atoms with Crippen LogP contribution in [0.25, 0.3) is 16.6 Å². The van der Waals surface area contributed by atoms with Gasteiger partial charge in [-0.25, -0.2) is 4.39 Å². The van der Waals surface area contributed by atoms with Gasteiger partial charge in [-0.3, -0.25) is 0 Å². The minimum atomic E-state index is -0.164. The summed E-state index contributed by atoms with van der Waals surface area (Å²) in [6.45, 7) is 1.81. The summed E-state index contributed by atoms with van der Waals surface area (Å²) in [5.74, 6) is 1.37. The van der Waals surface area contributed by atoms with Crippen LogP contribution in [-0.2, 0) is 0 Å². The van der Waals surface area contributed by atoms with Crippen LogP contribution in [0, 0.1) is 43.9 Å². The number of aliphatic hydroxyl groups is 1. The fourth-order valence-electron chi connectivity index (χ4n) is 3.93. The molecule has 5 rings (SSSR count). The van der Waals surface area contributed by atoms with Crippen LogP contribution in [-0.4, -0.2) is 21.9 Å². The molecule has 1 aromatic heterocycles. The molecule has 0 unspecified atom stereocenters. The number of aryl methyl sites for hydroxylation is 1. The fraction of sp³-hybridized carbons (Fsp3) is 0.364. The molecule has 2 aliphatic rings. The minimum absolute atomic E-state index is 0. The summed E-state index contributed by atoms with van der Waals surface area (Å²) in [6, 6.07) is 11.0. The molecular formula is C22H24FNO2U. The van der Waals surface area contributed by atoms with E-state index in [9.17, 15) is 9.50 Å². The first-order valence-corrected chi connectivity index (χ1v) is 9.22. The van der Waals surface area contributed by atoms with Gasteiger partial charge in [-0.1, -0.05) is 0 Å². The van der Waals surface area contributed by atoms with Crippen LogP contribution in [0.3, 0.4) is 0 Å². The van der Waals surface area contributed by atoms with Gasteiger partial charge in [0.2, 0.25) is 0 Å². The summed E-state index contributed by atoms with van der Waals surface area (Å²) in [6.07, 6.45) is 4.91. The van der Waals surface area contributed by atoms with Crippen molar-refractivity contribution < 1.29 is 45.7 Å². The zero-order valence-electron chi connectivity index (χ0n) is 15.7. The number of phenolic OH excluding ortho intramolecular Hbond substituents is 1. The van der Waals surface area contributed by atoms with Crippen molar-refractivity contribution >= 4 is 10.9 Å². The molecule has 0 spiro atoms. The van der Waals surface area contributed by atoms with Crippen LogP contribution in [0.5, 0.6) is 5.75 Å². The van der Waals surface area contributed by atoms with Crippen molar-refractivity contribution in [3.63, 3.8) is 0 Å². The Morgan fingerprint density at radius 2 is 1.63 bits per heavy atom. The number of fused-ring (bicyclic) bond motifs is 1. The molecule has 27 heavy (non-hydrogen) atoms. The van der Waals surface area contributed by atoms with E-state index in [2.05, 4.69) is 4.57 Å². The van der Waals surface area contributed by atoms with Crippen molar-refractivity contribution in [3.8, 4) is 11.4 Å². The van der Waals surface area contributed by atoms with Crippen LogP contribution in [0.1, 0.15) is 54.3 Å². The molecule has 0 saturated heterocycles. The number of hydrogen-bond donors (Lipinski definition) is 2. The Morgan fingerprint density at radius 3 is 2.22 bits per heavy atom. The van der Waals surface area contributed by atoms with E-state index in [0.29, 0.717) is 23.1 Å². The first kappa shape index (κ1) is 20.5. The maximum atomic E-state index is 13.8. The third-order valence-electron chi connectivity index (χ3n) is 5.38. The smallest absolute Gasteiger partial charge is 0.126 e. The summed E-state index contributed by atoms with van der Waals surface area (Å²) in [4.78, 5) is 0. The zero-order valence-corrected chi connectivity index (χ0v) is 19.8. The molecule has 0 aliphatic heterocycles. The number of hydrogen-bond acceptors (Lipinski definition) is 2. The van der Waals surface area contributed by atoms with Crippen molar-refractivity contribution in [1.29, 1.82) is 0 Å². The number of aromatic nitrogens is 1. The normalized spacial score (nSPS) is 15.9. The van der Waals surface area contributed by atoms with Crippen LogP contribution in [0.2, 0.25) is 0 Å². The average Bonchev–Trinajstić information content (AvgIpc) is 3.55. The van der Waals surface area contributed by atoms with Crippen LogP contribution in [0.15, 0.2) is 36.4 Å². The Balaban J connectivity index is 0.000000680. The number of benzene rings is 2. The van der Waals surface area contributed by atoms with Gasteiger partial charge in [0.1, 0.15) is 11.6 Å². The summed E-state index contributed by atoms with van der Waals surface area (Å²) in [5, 5.41) is 18.2. The van der Waals surface area contributed by atoms with Gasteiger partial charge in [-0.15, -0.1) is 0 Å². The Hall–Kier alpha value is -1.28. The summed E-state index contributed by atoms with van der Waals surface area (Å²) in [7, 11) is 1.00. The van der Waals surface area contributed by atoms with E-state index in [1.54, 1.807) is 12.1 Å². The summed E-state index contributed by atoms with van der Waals surface area (Å²) >= 11 is 0. The molecule has 0 atom stereocenters. The van der Waals surface area contributed by atoms with Crippen LogP contribution >= 0.6 is 0 Å². The molecule has 2 aliphatic carbocycles. The van der Waals surface area contributed by atoms with Crippen LogP contribution in [0.4, 0.5) is 4.39 Å². The summed E-state index contributed by atoms with van der Waals surface area (Å²) in [5.41, 5.74) is 5.64. The number of phenols is 1. The van der Waals surface area contributed by atoms with Crippen molar-refractivity contribution in [2.75, 3.05) is 7.11 Å². The zero-order chi connectivity index (χ0) is 18.4. The Kier molecular flexibility index (Phi) is 6.05. The molecular weight excluding hydrogens is 567 g/mol. The largest absolute Gasteiger partial charge is 0.508 e. The first-order chi connectivity index (χ1) is 12.6. The molecule has 2 fully saturated rings. The maximum Gasteiger partial charge on any atom is 0.126 e. The van der Waals surface area contributed by atoms with Crippen molar-refractivity contribution in [2.24, 2.45) is 0 Å². The molecule has 3 nitrogen and oxygen atoms in total. The fourth-order valence-corrected chi connectivity index (χ4v) is 3.93. The standard InChI is InChI=1S/C21H20FNO.CH4O.U/c1-12-10-15(6-8-18(12)22)23-19-9-7-16(24)11-17(19)20(13-2-3-13)21(23)14-4-5-14;1-2;/h6-11,13-14,24H,2-5H2,1H3;2H,1H3;. The monoisotopic (exact) mass is 591 g/mol. The van der Waals surface area contributed by atoms with Crippen molar-refractivity contribution in [3.05, 3.63) is 59.0 Å². The molecule has 0 radical (unpaired) electrons. The van der Waals surface area contributed by atoms with E-state index < -0.39 is 0 Å². The van der Waals surface area contributed by atoms with Crippen molar-refractivity contribution in [1.82, 2.24) is 4.57 Å². The third-order valence-corrected chi connectivity index (χ3v) is 5.38. The Bertz CT molecular complexity index is 974. The molecule has 5 heteroatoms. The van der Waals surface area contributed by atoms with E-state index in [-0.39, 0.29) is 36.9 Å². The molecule has 140 valence electrons. The van der Waals surface area contributed by atoms with Gasteiger partial charge < -0.3 is 14.8 Å². The van der Waals surface area contributed by atoms with Crippen molar-refractivity contribution in [2.45, 2.75) is 44.4 Å². The summed E-state index contributed by atoms with van der Waals surface area (Å²) < 4.78 is 16.1. The topological polar surface area (TPSA) is 45.4 Å². The Morgan fingerprint density at radius 1 is 0.963 bits per heavy atom. The molecule has 0 amide bonds. The van der Waals surface area contributed by atoms with Gasteiger partial charge in [0.05, 0.1) is 5.52 Å². The van der Waals surface area contributed by atoms with E-state index in [4.69, 9.17) is 5.11 Å². The molecule has 3 aromatic rings. The molecule has 1 heterocycles. The predicted molar refractivity (Wildman–Crippen MR) is 102 cm³/mol. The van der Waals surface area contributed by atoms with E-state index in [0.717, 1.165) is 18.3 Å². The van der Waals surface area contributed by atoms with Crippen LogP contribution < -0.4 is 0 Å². The second kappa shape index (κ2) is 7.99. The number of rotatable bonds is 3. The van der Waals surface area contributed by atoms with Gasteiger partial charge in [0, 0.05) is 55.0 Å². The SMILES string of the molecule is CO.Cc1cc(-n2c(C3CC3)c(C3CC3)c3cc(O)ccc32)ccc1F.[U]. The van der Waals surface area contributed by atoms with Gasteiger partial charge in [-0.2, -0.15) is 0 Å². The van der Waals surface area contributed by atoms with Gasteiger partial charge in [0.25, 0.3) is 0 Å². The van der Waals surface area contributed by atoms with E-state index in [1.807, 2.05) is 31.2 Å². The van der Waals surface area contributed by atoms with Gasteiger partial charge in [-0.05, 0) is 92.0 Å². The minimum Gasteiger partial charge on any atom is -0.508 e. The number of aromatic hydroxyl groups is 1. The quantitative estimate of drug-likeness (QED) is 0.443. The average molecular weight is 591 g/mol. The number of nitrogens with zero attached hydrogens (tertiary/aromatic N) is 1. The molecule has 2 saturated carbocycles. The second-order valence-electron chi connectivity index (χ2n) is 7.32. The van der Waals surface area contributed by atoms with Gasteiger partial charge in [0.15, 0.2) is 0 Å². The third kappa shape index (κ3) is 3.70. The number of halogens is 1. The molecule has 2 aromatic carbocycles. The van der Waals surface area contributed by atoms with E-state index in [1.165, 1.54) is 42.3 Å². The first-order valence-electron chi connectivity index (χ1n) is 9.22. The molecule has 0 bridgehead atoms. The molecule has 2 N–H and O–H groups in total.